The van der Waals surface area contributed by atoms with Crippen molar-refractivity contribution in [2.45, 2.75) is 43.6 Å². The second-order valence-electron chi connectivity index (χ2n) is 4.37. The van der Waals surface area contributed by atoms with E-state index in [0.29, 0.717) is 12.8 Å². The number of hydrogen-bond acceptors (Lipinski definition) is 4. The number of rotatable bonds is 2. The van der Waals surface area contributed by atoms with Crippen molar-refractivity contribution in [2.75, 3.05) is 13.2 Å². The van der Waals surface area contributed by atoms with Gasteiger partial charge in [-0.3, -0.25) is 4.79 Å². The molecule has 2 heterocycles. The standard InChI is InChI=1S/C10H15F2NO4/c11-10(12)8(16)6(5-14)17-9(10)13-4-2-1-3-7(13)15/h6,8-9,14,16H,1-5H2/t6-,8-,9-/m1/s1. The van der Waals surface area contributed by atoms with Gasteiger partial charge < -0.3 is 19.8 Å². The summed E-state index contributed by atoms with van der Waals surface area (Å²) in [6, 6.07) is 0. The number of likely N-dealkylation sites (tertiary alicyclic amines) is 1. The fraction of sp³-hybridized carbons (Fsp3) is 0.900. The zero-order valence-corrected chi connectivity index (χ0v) is 9.18. The molecule has 1 amide bonds. The summed E-state index contributed by atoms with van der Waals surface area (Å²) in [5.41, 5.74) is 0. The lowest BCUT2D eigenvalue weighted by molar-refractivity contribution is -0.183. The zero-order chi connectivity index (χ0) is 12.6. The van der Waals surface area contributed by atoms with Gasteiger partial charge in [-0.15, -0.1) is 0 Å². The van der Waals surface area contributed by atoms with Crippen molar-refractivity contribution in [1.29, 1.82) is 0 Å². The summed E-state index contributed by atoms with van der Waals surface area (Å²) >= 11 is 0. The largest absolute Gasteiger partial charge is 0.394 e. The van der Waals surface area contributed by atoms with Crippen molar-refractivity contribution in [3.05, 3.63) is 0 Å². The molecule has 98 valence electrons. The van der Waals surface area contributed by atoms with Crippen LogP contribution in [0.1, 0.15) is 19.3 Å². The molecule has 2 rings (SSSR count). The third-order valence-corrected chi connectivity index (χ3v) is 3.20. The van der Waals surface area contributed by atoms with Crippen molar-refractivity contribution in [2.24, 2.45) is 0 Å². The predicted octanol–water partition coefficient (Wildman–Crippen LogP) is -0.288. The van der Waals surface area contributed by atoms with Crippen LogP contribution in [-0.2, 0) is 9.53 Å². The van der Waals surface area contributed by atoms with Crippen LogP contribution in [0.15, 0.2) is 0 Å². The lowest BCUT2D eigenvalue weighted by Crippen LogP contribution is -2.53. The van der Waals surface area contributed by atoms with E-state index in [1.165, 1.54) is 0 Å². The van der Waals surface area contributed by atoms with Gasteiger partial charge >= 0.3 is 5.92 Å². The highest BCUT2D eigenvalue weighted by atomic mass is 19.3. The molecule has 2 aliphatic heterocycles. The molecule has 2 N–H and O–H groups in total. The van der Waals surface area contributed by atoms with Crippen LogP contribution in [0.25, 0.3) is 0 Å². The molecule has 17 heavy (non-hydrogen) atoms. The molecule has 0 aliphatic carbocycles. The molecule has 0 aromatic carbocycles. The number of aliphatic hydroxyl groups excluding tert-OH is 2. The molecule has 0 radical (unpaired) electrons. The van der Waals surface area contributed by atoms with Gasteiger partial charge in [0.05, 0.1) is 6.61 Å². The van der Waals surface area contributed by atoms with Crippen LogP contribution < -0.4 is 0 Å². The highest BCUT2D eigenvalue weighted by molar-refractivity contribution is 5.77. The minimum atomic E-state index is -3.54. The zero-order valence-electron chi connectivity index (χ0n) is 9.18. The summed E-state index contributed by atoms with van der Waals surface area (Å²) in [4.78, 5) is 12.5. The summed E-state index contributed by atoms with van der Waals surface area (Å²) in [6.45, 7) is -0.501. The average Bonchev–Trinajstić information content (AvgIpc) is 2.52. The van der Waals surface area contributed by atoms with Gasteiger partial charge in [-0.2, -0.15) is 8.78 Å². The van der Waals surface area contributed by atoms with E-state index in [-0.39, 0.29) is 13.0 Å². The van der Waals surface area contributed by atoms with Crippen LogP contribution >= 0.6 is 0 Å². The molecule has 2 aliphatic rings. The van der Waals surface area contributed by atoms with Gasteiger partial charge in [-0.1, -0.05) is 0 Å². The number of aliphatic hydroxyl groups is 2. The molecule has 2 fully saturated rings. The van der Waals surface area contributed by atoms with Gasteiger partial charge in [0, 0.05) is 13.0 Å². The van der Waals surface area contributed by atoms with Crippen LogP contribution in [0, 0.1) is 0 Å². The number of amides is 1. The molecule has 0 unspecified atom stereocenters. The van der Waals surface area contributed by atoms with E-state index in [1.807, 2.05) is 0 Å². The maximum absolute atomic E-state index is 13.7. The second-order valence-corrected chi connectivity index (χ2v) is 4.37. The first kappa shape index (κ1) is 12.7. The highest BCUT2D eigenvalue weighted by Gasteiger charge is 2.61. The number of ether oxygens (including phenoxy) is 1. The molecule has 5 nitrogen and oxygen atoms in total. The first-order chi connectivity index (χ1) is 7.98. The summed E-state index contributed by atoms with van der Waals surface area (Å²) < 4.78 is 32.3. The van der Waals surface area contributed by atoms with Crippen LogP contribution in [-0.4, -0.2) is 58.5 Å². The lowest BCUT2D eigenvalue weighted by Gasteiger charge is -2.34. The van der Waals surface area contributed by atoms with E-state index < -0.39 is 36.9 Å². The molecule has 2 saturated heterocycles. The van der Waals surface area contributed by atoms with Crippen molar-refractivity contribution < 1.29 is 28.5 Å². The van der Waals surface area contributed by atoms with Gasteiger partial charge in [-0.05, 0) is 12.8 Å². The second kappa shape index (κ2) is 4.47. The molecule has 0 bridgehead atoms. The average molecular weight is 251 g/mol. The number of piperidine rings is 1. The summed E-state index contributed by atoms with van der Waals surface area (Å²) in [7, 11) is 0. The maximum Gasteiger partial charge on any atom is 0.319 e. The topological polar surface area (TPSA) is 70.0 Å². The summed E-state index contributed by atoms with van der Waals surface area (Å²) in [6.07, 6.45) is -3.64. The number of halogens is 2. The first-order valence-electron chi connectivity index (χ1n) is 5.60. The van der Waals surface area contributed by atoms with Crippen molar-refractivity contribution >= 4 is 5.91 Å². The van der Waals surface area contributed by atoms with E-state index in [0.717, 1.165) is 4.90 Å². The maximum atomic E-state index is 13.7. The molecule has 3 atom stereocenters. The minimum absolute atomic E-state index is 0.198. The molecule has 7 heteroatoms. The van der Waals surface area contributed by atoms with E-state index in [2.05, 4.69) is 0 Å². The third-order valence-electron chi connectivity index (χ3n) is 3.20. The van der Waals surface area contributed by atoms with E-state index >= 15 is 0 Å². The van der Waals surface area contributed by atoms with Crippen molar-refractivity contribution in [3.8, 4) is 0 Å². The van der Waals surface area contributed by atoms with Gasteiger partial charge in [0.1, 0.15) is 6.10 Å². The Morgan fingerprint density at radius 3 is 2.71 bits per heavy atom. The monoisotopic (exact) mass is 251 g/mol. The fourth-order valence-electron chi connectivity index (χ4n) is 2.22. The Kier molecular flexibility index (Phi) is 3.33. The van der Waals surface area contributed by atoms with Gasteiger partial charge in [-0.25, -0.2) is 0 Å². The SMILES string of the molecule is O=C1CCCCN1[C@@H]1O[C@H](CO)[C@@H](O)C1(F)F. The molecule has 0 aromatic rings. The molecular weight excluding hydrogens is 236 g/mol. The lowest BCUT2D eigenvalue weighted by atomic mass is 10.1. The van der Waals surface area contributed by atoms with Crippen molar-refractivity contribution in [3.63, 3.8) is 0 Å². The van der Waals surface area contributed by atoms with Crippen LogP contribution in [0.4, 0.5) is 8.78 Å². The number of alkyl halides is 2. The Hall–Kier alpha value is -0.790. The number of nitrogens with zero attached hydrogens (tertiary/aromatic N) is 1. The third kappa shape index (κ3) is 2.02. The molecular formula is C10H15F2NO4. The Balaban J connectivity index is 2.17. The van der Waals surface area contributed by atoms with E-state index in [4.69, 9.17) is 9.84 Å². The Morgan fingerprint density at radius 1 is 1.47 bits per heavy atom. The van der Waals surface area contributed by atoms with Crippen LogP contribution in [0.5, 0.6) is 0 Å². The molecule has 0 saturated carbocycles. The quantitative estimate of drug-likeness (QED) is 0.707. The van der Waals surface area contributed by atoms with Crippen LogP contribution in [0.3, 0.4) is 0 Å². The Bertz CT molecular complexity index is 313. The number of carbonyl (C=O) groups is 1. The Labute approximate surface area is 97.0 Å². The predicted molar refractivity (Wildman–Crippen MR) is 52.3 cm³/mol. The minimum Gasteiger partial charge on any atom is -0.394 e. The highest BCUT2D eigenvalue weighted by Crippen LogP contribution is 2.38. The molecule has 0 spiro atoms. The molecule has 0 aromatic heterocycles. The van der Waals surface area contributed by atoms with Gasteiger partial charge in [0.25, 0.3) is 0 Å². The summed E-state index contributed by atoms with van der Waals surface area (Å²) in [5.74, 6) is -3.94. The summed E-state index contributed by atoms with van der Waals surface area (Å²) in [5, 5.41) is 18.2. The number of carbonyl (C=O) groups excluding carboxylic acids is 1. The number of hydrogen-bond donors (Lipinski definition) is 2. The fourth-order valence-corrected chi connectivity index (χ4v) is 2.22. The van der Waals surface area contributed by atoms with E-state index in [9.17, 15) is 18.7 Å². The normalized spacial score (nSPS) is 37.5. The van der Waals surface area contributed by atoms with Crippen molar-refractivity contribution in [1.82, 2.24) is 4.90 Å². The van der Waals surface area contributed by atoms with Gasteiger partial charge in [0.15, 0.2) is 12.3 Å². The van der Waals surface area contributed by atoms with Gasteiger partial charge in [0.2, 0.25) is 5.91 Å². The van der Waals surface area contributed by atoms with E-state index in [1.54, 1.807) is 0 Å². The Morgan fingerprint density at radius 2 is 2.18 bits per heavy atom. The van der Waals surface area contributed by atoms with Crippen LogP contribution in [0.2, 0.25) is 0 Å². The smallest absolute Gasteiger partial charge is 0.319 e. The first-order valence-corrected chi connectivity index (χ1v) is 5.60.